The van der Waals surface area contributed by atoms with Crippen molar-refractivity contribution in [3.05, 3.63) is 59.2 Å². The molecule has 1 amide bonds. The van der Waals surface area contributed by atoms with Crippen molar-refractivity contribution in [2.75, 3.05) is 13.6 Å². The molecule has 0 spiro atoms. The number of aryl methyl sites for hydroxylation is 2. The van der Waals surface area contributed by atoms with Crippen LogP contribution in [0, 0.1) is 25.2 Å². The lowest BCUT2D eigenvalue weighted by molar-refractivity contribution is 0.0798. The lowest BCUT2D eigenvalue weighted by Crippen LogP contribution is -2.27. The van der Waals surface area contributed by atoms with E-state index in [-0.39, 0.29) is 23.0 Å². The Morgan fingerprint density at radius 3 is 2.42 bits per heavy atom. The number of carbonyl (C=O) groups is 1. The van der Waals surface area contributed by atoms with Crippen molar-refractivity contribution in [1.82, 2.24) is 4.90 Å². The fraction of sp³-hybridized carbons (Fsp3) is 0.263. The molecule has 0 N–H and O–H groups in total. The predicted octanol–water partition coefficient (Wildman–Crippen LogP) is 3.06. The molecule has 2 aromatic carbocycles. The highest BCUT2D eigenvalue weighted by atomic mass is 32.2. The summed E-state index contributed by atoms with van der Waals surface area (Å²) in [5, 5.41) is 8.58. The van der Waals surface area contributed by atoms with E-state index < -0.39 is 10.1 Å². The Hall–Kier alpha value is -2.85. The van der Waals surface area contributed by atoms with E-state index in [1.165, 1.54) is 29.2 Å². The van der Waals surface area contributed by atoms with E-state index in [9.17, 15) is 13.2 Å². The van der Waals surface area contributed by atoms with Gasteiger partial charge in [-0.15, -0.1) is 0 Å². The summed E-state index contributed by atoms with van der Waals surface area (Å²) in [4.78, 5) is 13.8. The summed E-state index contributed by atoms with van der Waals surface area (Å²) in [6.45, 7) is 3.84. The second-order valence-corrected chi connectivity index (χ2v) is 7.48. The molecule has 26 heavy (non-hydrogen) atoms. The van der Waals surface area contributed by atoms with Gasteiger partial charge in [-0.3, -0.25) is 4.79 Å². The van der Waals surface area contributed by atoms with Gasteiger partial charge in [0.05, 0.1) is 12.5 Å². The molecular weight excluding hydrogens is 352 g/mol. The second-order valence-electron chi connectivity index (χ2n) is 5.97. The van der Waals surface area contributed by atoms with Gasteiger partial charge in [0.25, 0.3) is 5.91 Å². The molecule has 0 unspecified atom stereocenters. The molecule has 0 heterocycles. The van der Waals surface area contributed by atoms with Crippen molar-refractivity contribution in [2.24, 2.45) is 0 Å². The van der Waals surface area contributed by atoms with Gasteiger partial charge < -0.3 is 9.08 Å². The van der Waals surface area contributed by atoms with E-state index in [2.05, 4.69) is 0 Å². The molecule has 2 aromatic rings. The third-order valence-electron chi connectivity index (χ3n) is 3.83. The third-order valence-corrected chi connectivity index (χ3v) is 5.22. The fourth-order valence-electron chi connectivity index (χ4n) is 2.34. The van der Waals surface area contributed by atoms with Gasteiger partial charge in [-0.2, -0.15) is 13.7 Å². The zero-order valence-electron chi connectivity index (χ0n) is 14.9. The van der Waals surface area contributed by atoms with Crippen molar-refractivity contribution in [3.8, 4) is 11.8 Å². The van der Waals surface area contributed by atoms with E-state index in [4.69, 9.17) is 9.44 Å². The van der Waals surface area contributed by atoms with E-state index in [0.29, 0.717) is 17.7 Å². The topological polar surface area (TPSA) is 87.5 Å². The SMILES string of the molecule is Cc1ccc(C)c(S(=O)(=O)Oc2ccc(C(=O)N(C)CCC#N)cc2)c1. The summed E-state index contributed by atoms with van der Waals surface area (Å²) >= 11 is 0. The number of amides is 1. The Balaban J connectivity index is 2.17. The van der Waals surface area contributed by atoms with Crippen molar-refractivity contribution < 1.29 is 17.4 Å². The Morgan fingerprint density at radius 1 is 1.15 bits per heavy atom. The molecule has 0 radical (unpaired) electrons. The number of carbonyl (C=O) groups excluding carboxylic acids is 1. The molecule has 2 rings (SSSR count). The van der Waals surface area contributed by atoms with Crippen LogP contribution in [0.15, 0.2) is 47.4 Å². The van der Waals surface area contributed by atoms with Crippen LogP contribution < -0.4 is 4.18 Å². The van der Waals surface area contributed by atoms with E-state index in [1.54, 1.807) is 26.1 Å². The smallest absolute Gasteiger partial charge is 0.339 e. The molecule has 0 saturated carbocycles. The first kappa shape index (κ1) is 19.5. The maximum Gasteiger partial charge on any atom is 0.339 e. The molecule has 0 bridgehead atoms. The molecule has 7 heteroatoms. The molecule has 0 aliphatic heterocycles. The van der Waals surface area contributed by atoms with Crippen LogP contribution in [0.4, 0.5) is 0 Å². The largest absolute Gasteiger partial charge is 0.379 e. The van der Waals surface area contributed by atoms with Crippen LogP contribution in [0.3, 0.4) is 0 Å². The van der Waals surface area contributed by atoms with E-state index in [0.717, 1.165) is 5.56 Å². The van der Waals surface area contributed by atoms with E-state index in [1.807, 2.05) is 19.1 Å². The summed E-state index contributed by atoms with van der Waals surface area (Å²) in [5.41, 5.74) is 1.81. The Bertz CT molecular complexity index is 944. The van der Waals surface area contributed by atoms with Gasteiger partial charge in [0.2, 0.25) is 0 Å². The third kappa shape index (κ3) is 4.61. The van der Waals surface area contributed by atoms with Gasteiger partial charge in [-0.1, -0.05) is 12.1 Å². The average Bonchev–Trinajstić information content (AvgIpc) is 2.61. The molecule has 0 aromatic heterocycles. The number of nitrogens with zero attached hydrogens (tertiary/aromatic N) is 2. The van der Waals surface area contributed by atoms with Gasteiger partial charge in [0.15, 0.2) is 0 Å². The molecule has 0 saturated heterocycles. The summed E-state index contributed by atoms with van der Waals surface area (Å²) in [5.74, 6) is -0.119. The highest BCUT2D eigenvalue weighted by Crippen LogP contribution is 2.23. The van der Waals surface area contributed by atoms with Crippen molar-refractivity contribution >= 4 is 16.0 Å². The van der Waals surface area contributed by atoms with Gasteiger partial charge in [0.1, 0.15) is 10.6 Å². The van der Waals surface area contributed by atoms with Crippen LogP contribution in [-0.2, 0) is 10.1 Å². The highest BCUT2D eigenvalue weighted by molar-refractivity contribution is 7.87. The number of nitriles is 1. The summed E-state index contributed by atoms with van der Waals surface area (Å²) in [6.07, 6.45) is 0.248. The van der Waals surface area contributed by atoms with Crippen molar-refractivity contribution in [3.63, 3.8) is 0 Å². The Labute approximate surface area is 153 Å². The van der Waals surface area contributed by atoms with E-state index >= 15 is 0 Å². The standard InChI is InChI=1S/C19H20N2O4S/c1-14-5-6-15(2)18(13-14)26(23,24)25-17-9-7-16(8-10-17)19(22)21(3)12-4-11-20/h5-10,13H,4,12H2,1-3H3. The first-order chi connectivity index (χ1) is 12.2. The molecular formula is C19H20N2O4S. The zero-order chi connectivity index (χ0) is 19.3. The molecule has 0 fully saturated rings. The Morgan fingerprint density at radius 2 is 1.81 bits per heavy atom. The highest BCUT2D eigenvalue weighted by Gasteiger charge is 2.20. The maximum absolute atomic E-state index is 12.5. The fourth-order valence-corrected chi connectivity index (χ4v) is 3.59. The first-order valence-electron chi connectivity index (χ1n) is 7.99. The maximum atomic E-state index is 12.5. The normalized spacial score (nSPS) is 10.8. The van der Waals surface area contributed by atoms with Gasteiger partial charge in [-0.05, 0) is 55.3 Å². The van der Waals surface area contributed by atoms with Crippen LogP contribution in [0.1, 0.15) is 27.9 Å². The lowest BCUT2D eigenvalue weighted by Gasteiger charge is -2.15. The second kappa shape index (κ2) is 8.02. The lowest BCUT2D eigenvalue weighted by atomic mass is 10.2. The van der Waals surface area contributed by atoms with Crippen molar-refractivity contribution in [2.45, 2.75) is 25.2 Å². The van der Waals surface area contributed by atoms with Crippen molar-refractivity contribution in [1.29, 1.82) is 5.26 Å². The van der Waals surface area contributed by atoms with Crippen LogP contribution in [0.25, 0.3) is 0 Å². The quantitative estimate of drug-likeness (QED) is 0.727. The molecule has 0 aliphatic carbocycles. The molecule has 136 valence electrons. The number of hydrogen-bond donors (Lipinski definition) is 0. The summed E-state index contributed by atoms with van der Waals surface area (Å²) in [7, 11) is -2.35. The van der Waals surface area contributed by atoms with Gasteiger partial charge >= 0.3 is 10.1 Å². The zero-order valence-corrected chi connectivity index (χ0v) is 15.7. The van der Waals surface area contributed by atoms with Gasteiger partial charge in [0, 0.05) is 19.2 Å². The monoisotopic (exact) mass is 372 g/mol. The first-order valence-corrected chi connectivity index (χ1v) is 9.39. The average molecular weight is 372 g/mol. The minimum atomic E-state index is -3.96. The molecule has 0 aliphatic rings. The predicted molar refractivity (Wildman–Crippen MR) is 97.4 cm³/mol. The van der Waals surface area contributed by atoms with Crippen LogP contribution in [0.5, 0.6) is 5.75 Å². The summed E-state index contributed by atoms with van der Waals surface area (Å²) in [6, 6.07) is 13.0. The minimum Gasteiger partial charge on any atom is -0.379 e. The molecule has 6 nitrogen and oxygen atoms in total. The molecule has 0 atom stereocenters. The number of benzene rings is 2. The van der Waals surface area contributed by atoms with Crippen LogP contribution >= 0.6 is 0 Å². The summed E-state index contributed by atoms with van der Waals surface area (Å²) < 4.78 is 30.2. The number of rotatable bonds is 6. The minimum absolute atomic E-state index is 0.119. The van der Waals surface area contributed by atoms with Crippen LogP contribution in [-0.4, -0.2) is 32.8 Å². The number of hydrogen-bond acceptors (Lipinski definition) is 5. The van der Waals surface area contributed by atoms with Crippen LogP contribution in [0.2, 0.25) is 0 Å². The van der Waals surface area contributed by atoms with Gasteiger partial charge in [-0.25, -0.2) is 0 Å². The Kier molecular flexibility index (Phi) is 6.01.